The lowest BCUT2D eigenvalue weighted by molar-refractivity contribution is -0.121. The third-order valence-electron chi connectivity index (χ3n) is 2.83. The van der Waals surface area contributed by atoms with Crippen LogP contribution in [0.15, 0.2) is 16.6 Å². The minimum atomic E-state index is -0.880. The van der Waals surface area contributed by atoms with E-state index in [-0.39, 0.29) is 0 Å². The molecule has 1 aliphatic carbocycles. The van der Waals surface area contributed by atoms with Gasteiger partial charge in [-0.3, -0.25) is 9.79 Å². The van der Waals surface area contributed by atoms with Crippen molar-refractivity contribution >= 4 is 23.2 Å². The molecule has 1 aliphatic heterocycles. The Morgan fingerprint density at radius 1 is 1.71 bits per heavy atom. The Hall–Kier alpha value is -0.830. The van der Waals surface area contributed by atoms with Crippen molar-refractivity contribution in [2.75, 3.05) is 0 Å². The predicted molar refractivity (Wildman–Crippen MR) is 56.3 cm³/mol. The number of fused-ring (bicyclic) bond motifs is 1. The molecule has 2 unspecified atom stereocenters. The van der Waals surface area contributed by atoms with Crippen molar-refractivity contribution in [1.29, 1.82) is 0 Å². The second-order valence-electron chi connectivity index (χ2n) is 4.01. The molecule has 1 heterocycles. The Kier molecular flexibility index (Phi) is 2.14. The Labute approximate surface area is 88.0 Å². The maximum absolute atomic E-state index is 11.2. The number of allylic oxidation sites excluding steroid dienone is 1. The quantitative estimate of drug-likeness (QED) is 0.521. The molecule has 0 aromatic carbocycles. The smallest absolute Gasteiger partial charge is 0.228 e. The number of nitrogens with two attached hydrogens (primary N) is 1. The first-order valence-corrected chi connectivity index (χ1v) is 5.16. The van der Waals surface area contributed by atoms with Crippen LogP contribution in [0.4, 0.5) is 0 Å². The number of aliphatic imine (C=N–C) groups is 1. The second kappa shape index (κ2) is 3.09. The van der Waals surface area contributed by atoms with Crippen LogP contribution in [-0.2, 0) is 4.79 Å². The molecule has 0 spiro atoms. The van der Waals surface area contributed by atoms with Crippen LogP contribution in [0, 0.1) is 5.92 Å². The molecule has 4 heteroatoms. The van der Waals surface area contributed by atoms with E-state index in [1.807, 2.05) is 6.08 Å². The average Bonchev–Trinajstić information content (AvgIpc) is 2.46. The first-order valence-electron chi connectivity index (χ1n) is 4.79. The lowest BCUT2D eigenvalue weighted by Gasteiger charge is -2.28. The van der Waals surface area contributed by atoms with E-state index in [4.69, 9.17) is 17.3 Å². The van der Waals surface area contributed by atoms with Crippen molar-refractivity contribution in [2.24, 2.45) is 16.6 Å². The molecule has 0 aromatic rings. The molecule has 2 aliphatic rings. The Morgan fingerprint density at radius 2 is 2.43 bits per heavy atom. The standard InChI is InChI=1S/C10H13ClN2O/c1-10(11)7(9(12)14)5-6-3-2-4-8(6)13-10/h5,7H,2-4H2,1H3,(H2,12,14). The number of rotatable bonds is 1. The molecule has 1 amide bonds. The van der Waals surface area contributed by atoms with E-state index in [2.05, 4.69) is 4.99 Å². The lowest BCUT2D eigenvalue weighted by Crippen LogP contribution is -2.39. The largest absolute Gasteiger partial charge is 0.369 e. The normalized spacial score (nSPS) is 36.0. The lowest BCUT2D eigenvalue weighted by atomic mass is 9.93. The molecule has 0 bridgehead atoms. The highest BCUT2D eigenvalue weighted by Crippen LogP contribution is 2.37. The molecule has 2 atom stereocenters. The highest BCUT2D eigenvalue weighted by Gasteiger charge is 2.39. The van der Waals surface area contributed by atoms with Crippen molar-refractivity contribution in [3.63, 3.8) is 0 Å². The molecule has 76 valence electrons. The minimum absolute atomic E-state index is 0.398. The molecular formula is C10H13ClN2O. The summed E-state index contributed by atoms with van der Waals surface area (Å²) in [6.07, 6.45) is 4.96. The molecular weight excluding hydrogens is 200 g/mol. The van der Waals surface area contributed by atoms with E-state index in [1.165, 1.54) is 0 Å². The van der Waals surface area contributed by atoms with Crippen LogP contribution in [0.25, 0.3) is 0 Å². The summed E-state index contributed by atoms with van der Waals surface area (Å²) >= 11 is 6.17. The van der Waals surface area contributed by atoms with Gasteiger partial charge in [-0.05, 0) is 31.8 Å². The number of carbonyl (C=O) groups is 1. The Balaban J connectivity index is 2.39. The van der Waals surface area contributed by atoms with Gasteiger partial charge >= 0.3 is 0 Å². The van der Waals surface area contributed by atoms with Gasteiger partial charge in [0.05, 0.1) is 5.92 Å². The van der Waals surface area contributed by atoms with Gasteiger partial charge in [-0.2, -0.15) is 0 Å². The highest BCUT2D eigenvalue weighted by atomic mass is 35.5. The fourth-order valence-corrected chi connectivity index (χ4v) is 2.36. The number of carbonyl (C=O) groups excluding carboxylic acids is 1. The number of halogens is 1. The van der Waals surface area contributed by atoms with Crippen molar-refractivity contribution < 1.29 is 4.79 Å². The molecule has 0 radical (unpaired) electrons. The van der Waals surface area contributed by atoms with Crippen LogP contribution in [0.5, 0.6) is 0 Å². The van der Waals surface area contributed by atoms with Gasteiger partial charge in [-0.25, -0.2) is 0 Å². The zero-order chi connectivity index (χ0) is 10.3. The maximum atomic E-state index is 11.2. The first-order chi connectivity index (χ1) is 6.50. The fraction of sp³-hybridized carbons (Fsp3) is 0.600. The van der Waals surface area contributed by atoms with Crippen molar-refractivity contribution in [3.05, 3.63) is 11.6 Å². The summed E-state index contributed by atoms with van der Waals surface area (Å²) < 4.78 is 0. The monoisotopic (exact) mass is 212 g/mol. The second-order valence-corrected chi connectivity index (χ2v) is 4.77. The Morgan fingerprint density at radius 3 is 3.07 bits per heavy atom. The fourth-order valence-electron chi connectivity index (χ4n) is 2.09. The summed E-state index contributed by atoms with van der Waals surface area (Å²) in [4.78, 5) is 14.7. The van der Waals surface area contributed by atoms with Gasteiger partial charge in [0.1, 0.15) is 5.00 Å². The molecule has 14 heavy (non-hydrogen) atoms. The maximum Gasteiger partial charge on any atom is 0.228 e. The third-order valence-corrected chi connectivity index (χ3v) is 3.15. The third kappa shape index (κ3) is 1.46. The number of alkyl halides is 1. The van der Waals surface area contributed by atoms with Gasteiger partial charge in [0.25, 0.3) is 0 Å². The van der Waals surface area contributed by atoms with Crippen LogP contribution < -0.4 is 5.73 Å². The van der Waals surface area contributed by atoms with Crippen molar-refractivity contribution in [1.82, 2.24) is 0 Å². The number of dihydropyridines is 1. The summed E-state index contributed by atoms with van der Waals surface area (Å²) in [5, 5.41) is 0. The van der Waals surface area contributed by atoms with Crippen molar-refractivity contribution in [2.45, 2.75) is 31.2 Å². The van der Waals surface area contributed by atoms with Crippen LogP contribution in [-0.4, -0.2) is 16.6 Å². The SMILES string of the molecule is CC1(Cl)N=C2CCCC2=CC1C(N)=O. The van der Waals surface area contributed by atoms with Crippen molar-refractivity contribution in [3.8, 4) is 0 Å². The van der Waals surface area contributed by atoms with Crippen LogP contribution in [0.2, 0.25) is 0 Å². The minimum Gasteiger partial charge on any atom is -0.369 e. The first kappa shape index (κ1) is 9.71. The molecule has 0 saturated heterocycles. The zero-order valence-corrected chi connectivity index (χ0v) is 8.84. The molecule has 2 rings (SSSR count). The number of hydrogen-bond acceptors (Lipinski definition) is 2. The van der Waals surface area contributed by atoms with Gasteiger partial charge in [-0.1, -0.05) is 17.7 Å². The van der Waals surface area contributed by atoms with Gasteiger partial charge in [-0.15, -0.1) is 0 Å². The molecule has 2 N–H and O–H groups in total. The number of primary amides is 1. The van der Waals surface area contributed by atoms with Gasteiger partial charge in [0.15, 0.2) is 0 Å². The molecule has 1 fully saturated rings. The average molecular weight is 213 g/mol. The summed E-state index contributed by atoms with van der Waals surface area (Å²) in [5.74, 6) is -0.870. The van der Waals surface area contributed by atoms with Crippen LogP contribution in [0.3, 0.4) is 0 Å². The van der Waals surface area contributed by atoms with Gasteiger partial charge in [0, 0.05) is 5.71 Å². The van der Waals surface area contributed by atoms with E-state index in [9.17, 15) is 4.79 Å². The Bertz CT molecular complexity index is 344. The predicted octanol–water partition coefficient (Wildman–Crippen LogP) is 1.61. The van der Waals surface area contributed by atoms with Gasteiger partial charge in [0.2, 0.25) is 5.91 Å². The summed E-state index contributed by atoms with van der Waals surface area (Å²) in [5.41, 5.74) is 7.50. The highest BCUT2D eigenvalue weighted by molar-refractivity contribution is 6.27. The molecule has 3 nitrogen and oxygen atoms in total. The number of amides is 1. The molecule has 0 aromatic heterocycles. The van der Waals surface area contributed by atoms with E-state index in [1.54, 1.807) is 6.92 Å². The zero-order valence-electron chi connectivity index (χ0n) is 8.09. The van der Waals surface area contributed by atoms with Crippen LogP contribution in [0.1, 0.15) is 26.2 Å². The van der Waals surface area contributed by atoms with Gasteiger partial charge < -0.3 is 5.73 Å². The summed E-state index contributed by atoms with van der Waals surface area (Å²) in [7, 11) is 0. The van der Waals surface area contributed by atoms with E-state index >= 15 is 0 Å². The molecule has 1 saturated carbocycles. The van der Waals surface area contributed by atoms with E-state index < -0.39 is 16.8 Å². The summed E-state index contributed by atoms with van der Waals surface area (Å²) in [6.45, 7) is 1.74. The summed E-state index contributed by atoms with van der Waals surface area (Å²) in [6, 6.07) is 0. The van der Waals surface area contributed by atoms with E-state index in [0.29, 0.717) is 0 Å². The number of hydrogen-bond donors (Lipinski definition) is 1. The number of nitrogens with zero attached hydrogens (tertiary/aromatic N) is 1. The van der Waals surface area contributed by atoms with Crippen LogP contribution >= 0.6 is 11.6 Å². The topological polar surface area (TPSA) is 55.4 Å². The van der Waals surface area contributed by atoms with E-state index in [0.717, 1.165) is 30.5 Å².